The van der Waals surface area contributed by atoms with Crippen LogP contribution in [0.1, 0.15) is 19.8 Å². The summed E-state index contributed by atoms with van der Waals surface area (Å²) in [5.74, 6) is 2.05. The number of carbonyl (C=O) groups excluding carboxylic acids is 1. The highest BCUT2D eigenvalue weighted by Gasteiger charge is 2.21. The van der Waals surface area contributed by atoms with Crippen LogP contribution in [0.2, 0.25) is 0 Å². The van der Waals surface area contributed by atoms with Gasteiger partial charge in [-0.2, -0.15) is 11.8 Å². The molecule has 0 aliphatic carbocycles. The maximum Gasteiger partial charge on any atom is 0.326 e. The summed E-state index contributed by atoms with van der Waals surface area (Å²) in [5.41, 5.74) is 0. The first kappa shape index (κ1) is 16.6. The number of amides is 2. The molecule has 0 spiro atoms. The first-order valence-corrected chi connectivity index (χ1v) is 7.16. The Kier molecular flexibility index (Phi) is 8.93. The number of carbonyl (C=O) groups is 2. The van der Waals surface area contributed by atoms with E-state index in [-0.39, 0.29) is 6.54 Å². The van der Waals surface area contributed by atoms with E-state index in [2.05, 4.69) is 11.2 Å². The number of carboxylic acids is 1. The van der Waals surface area contributed by atoms with Gasteiger partial charge in [0, 0.05) is 6.54 Å². The highest BCUT2D eigenvalue weighted by Crippen LogP contribution is 2.02. The summed E-state index contributed by atoms with van der Waals surface area (Å²) in [6.45, 7) is 2.64. The second kappa shape index (κ2) is 9.66. The molecule has 0 radical (unpaired) electrons. The summed E-state index contributed by atoms with van der Waals surface area (Å²) in [4.78, 5) is 24.3. The summed E-state index contributed by atoms with van der Waals surface area (Å²) >= 11 is 1.54. The minimum absolute atomic E-state index is 0.189. The maximum absolute atomic E-state index is 11.9. The van der Waals surface area contributed by atoms with Gasteiger partial charge >= 0.3 is 12.0 Å². The largest absolute Gasteiger partial charge is 0.480 e. The number of carboxylic acid groups (broad SMARTS) is 1. The van der Waals surface area contributed by atoms with Crippen molar-refractivity contribution in [3.8, 4) is 12.3 Å². The number of terminal acetylenes is 1. The number of nitrogens with one attached hydrogen (secondary N) is 1. The van der Waals surface area contributed by atoms with Gasteiger partial charge < -0.3 is 15.3 Å². The van der Waals surface area contributed by atoms with Crippen molar-refractivity contribution in [2.45, 2.75) is 25.8 Å². The Hall–Kier alpha value is -1.35. The van der Waals surface area contributed by atoms with E-state index < -0.39 is 18.0 Å². The third kappa shape index (κ3) is 6.40. The van der Waals surface area contributed by atoms with Crippen LogP contribution in [0.25, 0.3) is 0 Å². The summed E-state index contributed by atoms with van der Waals surface area (Å²) in [6.07, 6.45) is 8.24. The average Bonchev–Trinajstić information content (AvgIpc) is 2.33. The van der Waals surface area contributed by atoms with Gasteiger partial charge in [-0.1, -0.05) is 12.8 Å². The second-order valence-corrected chi connectivity index (χ2v) is 4.73. The number of thioether (sulfide) groups is 1. The zero-order valence-corrected chi connectivity index (χ0v) is 11.6. The predicted molar refractivity (Wildman–Crippen MR) is 73.7 cm³/mol. The fourth-order valence-electron chi connectivity index (χ4n) is 1.37. The molecule has 0 aliphatic rings. The van der Waals surface area contributed by atoms with Crippen LogP contribution in [-0.4, -0.2) is 53.1 Å². The quantitative estimate of drug-likeness (QED) is 0.652. The smallest absolute Gasteiger partial charge is 0.326 e. The van der Waals surface area contributed by atoms with Crippen LogP contribution in [0.5, 0.6) is 0 Å². The van der Waals surface area contributed by atoms with E-state index >= 15 is 0 Å². The molecule has 0 heterocycles. The fraction of sp³-hybridized carbons (Fsp3) is 0.667. The van der Waals surface area contributed by atoms with Crippen LogP contribution in [-0.2, 0) is 4.79 Å². The fourth-order valence-corrected chi connectivity index (χ4v) is 1.84. The van der Waals surface area contributed by atoms with Gasteiger partial charge in [-0.3, -0.25) is 0 Å². The molecule has 5 nitrogen and oxygen atoms in total. The lowest BCUT2D eigenvalue weighted by atomic mass is 10.2. The number of urea groups is 1. The van der Waals surface area contributed by atoms with Crippen molar-refractivity contribution in [3.63, 3.8) is 0 Å². The van der Waals surface area contributed by atoms with Crippen molar-refractivity contribution in [1.82, 2.24) is 10.2 Å². The highest BCUT2D eigenvalue weighted by molar-refractivity contribution is 7.98. The SMILES string of the molecule is C#CCN(CCC)C(=O)N[C@@H](CCSC)C(=O)O. The van der Waals surface area contributed by atoms with Gasteiger partial charge in [-0.25, -0.2) is 9.59 Å². The summed E-state index contributed by atoms with van der Waals surface area (Å²) < 4.78 is 0. The Balaban J connectivity index is 4.45. The van der Waals surface area contributed by atoms with E-state index in [1.165, 1.54) is 4.90 Å². The van der Waals surface area contributed by atoms with Gasteiger partial charge in [-0.05, 0) is 24.9 Å². The van der Waals surface area contributed by atoms with Crippen LogP contribution in [0.3, 0.4) is 0 Å². The number of rotatable bonds is 8. The van der Waals surface area contributed by atoms with Crippen molar-refractivity contribution in [2.24, 2.45) is 0 Å². The van der Waals surface area contributed by atoms with Gasteiger partial charge in [0.2, 0.25) is 0 Å². The molecule has 0 unspecified atom stereocenters. The van der Waals surface area contributed by atoms with E-state index in [1.54, 1.807) is 11.8 Å². The number of hydrogen-bond donors (Lipinski definition) is 2. The predicted octanol–water partition coefficient (Wildman–Crippen LogP) is 1.25. The van der Waals surface area contributed by atoms with Crippen molar-refractivity contribution in [2.75, 3.05) is 25.1 Å². The monoisotopic (exact) mass is 272 g/mol. The molecule has 2 N–H and O–H groups in total. The molecule has 0 fully saturated rings. The molecule has 0 aromatic rings. The molecule has 18 heavy (non-hydrogen) atoms. The lowest BCUT2D eigenvalue weighted by Gasteiger charge is -2.22. The molecule has 0 aromatic heterocycles. The Bertz CT molecular complexity index is 315. The summed E-state index contributed by atoms with van der Waals surface area (Å²) in [7, 11) is 0. The first-order chi connectivity index (χ1) is 8.56. The normalized spacial score (nSPS) is 11.4. The number of hydrogen-bond acceptors (Lipinski definition) is 3. The standard InChI is InChI=1S/C12H20N2O3S/c1-4-7-14(8-5-2)12(17)13-10(11(15)16)6-9-18-3/h1,10H,5-9H2,2-3H3,(H,13,17)(H,15,16)/t10-/m0/s1. The van der Waals surface area contributed by atoms with Crippen molar-refractivity contribution >= 4 is 23.8 Å². The van der Waals surface area contributed by atoms with Crippen molar-refractivity contribution in [1.29, 1.82) is 0 Å². The Labute approximate surface area is 112 Å². The second-order valence-electron chi connectivity index (χ2n) is 3.75. The topological polar surface area (TPSA) is 69.6 Å². The van der Waals surface area contributed by atoms with Crippen LogP contribution in [0.15, 0.2) is 0 Å². The molecule has 1 atom stereocenters. The zero-order chi connectivity index (χ0) is 14.0. The van der Waals surface area contributed by atoms with E-state index in [4.69, 9.17) is 11.5 Å². The highest BCUT2D eigenvalue weighted by atomic mass is 32.2. The van der Waals surface area contributed by atoms with Gasteiger partial charge in [0.1, 0.15) is 6.04 Å². The molecule has 0 aromatic carbocycles. The maximum atomic E-state index is 11.9. The lowest BCUT2D eigenvalue weighted by Crippen LogP contribution is -2.48. The van der Waals surface area contributed by atoms with Crippen LogP contribution in [0.4, 0.5) is 4.79 Å². The van der Waals surface area contributed by atoms with Gasteiger partial charge in [-0.15, -0.1) is 6.42 Å². The zero-order valence-electron chi connectivity index (χ0n) is 10.8. The molecule has 0 bridgehead atoms. The Morgan fingerprint density at radius 3 is 2.67 bits per heavy atom. The van der Waals surface area contributed by atoms with Gasteiger partial charge in [0.25, 0.3) is 0 Å². The minimum atomic E-state index is -1.02. The van der Waals surface area contributed by atoms with E-state index in [0.29, 0.717) is 18.7 Å². The van der Waals surface area contributed by atoms with Crippen LogP contribution < -0.4 is 5.32 Å². The first-order valence-electron chi connectivity index (χ1n) is 5.77. The summed E-state index contributed by atoms with van der Waals surface area (Å²) in [5, 5.41) is 11.5. The Morgan fingerprint density at radius 2 is 2.22 bits per heavy atom. The van der Waals surface area contributed by atoms with Gasteiger partial charge in [0.15, 0.2) is 0 Å². The molecule has 6 heteroatoms. The molecule has 102 valence electrons. The number of aliphatic carboxylic acids is 1. The third-order valence-electron chi connectivity index (χ3n) is 2.27. The van der Waals surface area contributed by atoms with Crippen molar-refractivity contribution in [3.05, 3.63) is 0 Å². The molecule has 0 rings (SSSR count). The Morgan fingerprint density at radius 1 is 1.56 bits per heavy atom. The van der Waals surface area contributed by atoms with E-state index in [1.807, 2.05) is 13.2 Å². The molecule has 0 aliphatic heterocycles. The van der Waals surface area contributed by atoms with E-state index in [0.717, 1.165) is 6.42 Å². The lowest BCUT2D eigenvalue weighted by molar-refractivity contribution is -0.139. The molecular formula is C12H20N2O3S. The van der Waals surface area contributed by atoms with E-state index in [9.17, 15) is 9.59 Å². The van der Waals surface area contributed by atoms with Gasteiger partial charge in [0.05, 0.1) is 6.54 Å². The minimum Gasteiger partial charge on any atom is -0.480 e. The third-order valence-corrected chi connectivity index (χ3v) is 2.91. The number of nitrogens with zero attached hydrogens (tertiary/aromatic N) is 1. The molecule has 0 saturated heterocycles. The average molecular weight is 272 g/mol. The van der Waals surface area contributed by atoms with Crippen LogP contribution in [0, 0.1) is 12.3 Å². The molecule has 0 saturated carbocycles. The molecule has 2 amide bonds. The van der Waals surface area contributed by atoms with Crippen LogP contribution >= 0.6 is 11.8 Å². The van der Waals surface area contributed by atoms with Crippen molar-refractivity contribution < 1.29 is 14.7 Å². The molecular weight excluding hydrogens is 252 g/mol. The summed E-state index contributed by atoms with van der Waals surface area (Å²) in [6, 6.07) is -1.27.